The van der Waals surface area contributed by atoms with Crippen LogP contribution < -0.4 is 10.4 Å². The molecule has 1 aliphatic carbocycles. The number of anilines is 1. The van der Waals surface area contributed by atoms with Crippen LogP contribution in [0.2, 0.25) is 0 Å². The molecule has 1 saturated carbocycles. The van der Waals surface area contributed by atoms with Crippen LogP contribution >= 0.6 is 27.3 Å². The maximum Gasteiger partial charge on any atom is 0.252 e. The van der Waals surface area contributed by atoms with Gasteiger partial charge in [0.1, 0.15) is 11.8 Å². The first-order valence-electron chi connectivity index (χ1n) is 10.5. The number of aromatic nitrogens is 1. The number of rotatable bonds is 4. The van der Waals surface area contributed by atoms with E-state index in [1.54, 1.807) is 18.2 Å². The fourth-order valence-electron chi connectivity index (χ4n) is 4.00. The zero-order chi connectivity index (χ0) is 22.1. The molecule has 0 N–H and O–H groups in total. The number of hydrazone groups is 1. The second-order valence-electron chi connectivity index (χ2n) is 7.85. The topological polar surface area (TPSA) is 75.8 Å². The maximum absolute atomic E-state index is 13.4. The maximum atomic E-state index is 13.4. The molecule has 1 amide bonds. The number of fused-ring (bicyclic) bond motifs is 2. The summed E-state index contributed by atoms with van der Waals surface area (Å²) in [6.45, 7) is 0. The number of nitrogens with zero attached hydrogens (tertiary/aromatic N) is 3. The Hall–Kier alpha value is -2.84. The number of amides is 1. The van der Waals surface area contributed by atoms with Gasteiger partial charge >= 0.3 is 0 Å². The highest BCUT2D eigenvalue weighted by molar-refractivity contribution is 9.10. The van der Waals surface area contributed by atoms with Crippen molar-refractivity contribution >= 4 is 65.7 Å². The van der Waals surface area contributed by atoms with Crippen LogP contribution in [0.15, 0.2) is 67.5 Å². The fraction of sp³-hybridized carbons (Fsp3) is 0.250. The minimum atomic E-state index is -0.186. The molecule has 0 aliphatic heterocycles. The lowest BCUT2D eigenvalue weighted by molar-refractivity contribution is -0.123. The molecule has 2 aromatic heterocycles. The quantitative estimate of drug-likeness (QED) is 0.245. The van der Waals surface area contributed by atoms with Gasteiger partial charge in [-0.2, -0.15) is 10.1 Å². The number of benzene rings is 2. The number of carbonyl (C=O) groups excluding carboxylic acids is 1. The van der Waals surface area contributed by atoms with Crippen LogP contribution in [0.5, 0.6) is 0 Å². The van der Waals surface area contributed by atoms with Gasteiger partial charge in [-0.25, -0.2) is 4.98 Å². The summed E-state index contributed by atoms with van der Waals surface area (Å²) in [6, 6.07) is 12.9. The number of hydrogen-bond acceptors (Lipinski definition) is 6. The summed E-state index contributed by atoms with van der Waals surface area (Å²) < 4.78 is 7.49. The molecule has 0 bridgehead atoms. The Morgan fingerprint density at radius 2 is 2.00 bits per heavy atom. The Balaban J connectivity index is 1.55. The second-order valence-corrected chi connectivity index (χ2v) is 9.78. The van der Waals surface area contributed by atoms with Gasteiger partial charge in [0, 0.05) is 10.4 Å². The largest absolute Gasteiger partial charge is 0.463 e. The van der Waals surface area contributed by atoms with Crippen LogP contribution in [-0.4, -0.2) is 17.1 Å². The van der Waals surface area contributed by atoms with E-state index in [9.17, 15) is 9.59 Å². The average molecular weight is 510 g/mol. The second kappa shape index (κ2) is 8.96. The SMILES string of the molecule is O=C(C1CCCCC1)N(/N=C/c1coc2ccccc2c1=O)c1nc2ccc(Br)cc2s1. The minimum Gasteiger partial charge on any atom is -0.463 e. The van der Waals surface area contributed by atoms with E-state index in [1.807, 2.05) is 24.3 Å². The number of hydrogen-bond donors (Lipinski definition) is 0. The molecule has 2 aromatic carbocycles. The lowest BCUT2D eigenvalue weighted by Crippen LogP contribution is -2.33. The Morgan fingerprint density at radius 3 is 2.84 bits per heavy atom. The van der Waals surface area contributed by atoms with Crippen molar-refractivity contribution in [2.24, 2.45) is 11.0 Å². The Kier molecular flexibility index (Phi) is 5.89. The van der Waals surface area contributed by atoms with E-state index < -0.39 is 0 Å². The lowest BCUT2D eigenvalue weighted by Gasteiger charge is -2.24. The molecular formula is C24H20BrN3O3S. The van der Waals surface area contributed by atoms with Crippen molar-refractivity contribution < 1.29 is 9.21 Å². The van der Waals surface area contributed by atoms with Gasteiger partial charge in [-0.15, -0.1) is 0 Å². The highest BCUT2D eigenvalue weighted by atomic mass is 79.9. The molecule has 6 nitrogen and oxygen atoms in total. The minimum absolute atomic E-state index is 0.0794. The summed E-state index contributed by atoms with van der Waals surface area (Å²) in [5.74, 6) is -0.170. The van der Waals surface area contributed by atoms with E-state index >= 15 is 0 Å². The first-order valence-corrected chi connectivity index (χ1v) is 12.2. The van der Waals surface area contributed by atoms with Gasteiger partial charge < -0.3 is 4.42 Å². The van der Waals surface area contributed by atoms with Gasteiger partial charge in [-0.05, 0) is 43.2 Å². The van der Waals surface area contributed by atoms with Gasteiger partial charge in [0.15, 0.2) is 0 Å². The number of halogens is 1. The van der Waals surface area contributed by atoms with Crippen LogP contribution in [0.3, 0.4) is 0 Å². The van der Waals surface area contributed by atoms with Crippen molar-refractivity contribution in [3.8, 4) is 0 Å². The molecule has 2 heterocycles. The highest BCUT2D eigenvalue weighted by Crippen LogP contribution is 2.34. The third kappa shape index (κ3) is 4.12. The summed E-state index contributed by atoms with van der Waals surface area (Å²) in [5.41, 5.74) is 1.42. The first-order chi connectivity index (χ1) is 15.6. The summed E-state index contributed by atoms with van der Waals surface area (Å²) in [7, 11) is 0. The Morgan fingerprint density at radius 1 is 1.19 bits per heavy atom. The zero-order valence-electron chi connectivity index (χ0n) is 17.2. The zero-order valence-corrected chi connectivity index (χ0v) is 19.6. The van der Waals surface area contributed by atoms with Crippen LogP contribution in [0.25, 0.3) is 21.2 Å². The van der Waals surface area contributed by atoms with Crippen molar-refractivity contribution in [3.05, 3.63) is 69.0 Å². The molecule has 0 saturated heterocycles. The van der Waals surface area contributed by atoms with E-state index in [-0.39, 0.29) is 22.8 Å². The number of para-hydroxylation sites is 1. The van der Waals surface area contributed by atoms with E-state index in [2.05, 4.69) is 26.0 Å². The van der Waals surface area contributed by atoms with Gasteiger partial charge in [0.25, 0.3) is 5.91 Å². The molecule has 0 spiro atoms. The van der Waals surface area contributed by atoms with Crippen LogP contribution in [-0.2, 0) is 4.79 Å². The molecule has 4 aromatic rings. The first kappa shape index (κ1) is 21.0. The molecular weight excluding hydrogens is 490 g/mol. The summed E-state index contributed by atoms with van der Waals surface area (Å²) >= 11 is 4.89. The van der Waals surface area contributed by atoms with E-state index in [1.165, 1.54) is 28.8 Å². The van der Waals surface area contributed by atoms with E-state index in [0.29, 0.717) is 16.1 Å². The molecule has 162 valence electrons. The molecule has 1 aliphatic rings. The van der Waals surface area contributed by atoms with Crippen molar-refractivity contribution in [3.63, 3.8) is 0 Å². The third-order valence-electron chi connectivity index (χ3n) is 5.70. The monoisotopic (exact) mass is 509 g/mol. The van der Waals surface area contributed by atoms with E-state index in [4.69, 9.17) is 4.42 Å². The summed E-state index contributed by atoms with van der Waals surface area (Å²) in [4.78, 5) is 30.9. The Bertz CT molecular complexity index is 1390. The smallest absolute Gasteiger partial charge is 0.252 e. The fourth-order valence-corrected chi connectivity index (χ4v) is 5.48. The highest BCUT2D eigenvalue weighted by Gasteiger charge is 2.29. The Labute approximate surface area is 196 Å². The van der Waals surface area contributed by atoms with Crippen molar-refractivity contribution in [1.29, 1.82) is 0 Å². The van der Waals surface area contributed by atoms with Crippen LogP contribution in [0.4, 0.5) is 5.13 Å². The average Bonchev–Trinajstić information content (AvgIpc) is 3.24. The van der Waals surface area contributed by atoms with Crippen LogP contribution in [0, 0.1) is 5.92 Å². The normalized spacial score (nSPS) is 15.0. The summed E-state index contributed by atoms with van der Waals surface area (Å²) in [6.07, 6.45) is 7.71. The standard InChI is InChI=1S/C24H20BrN3O3S/c25-17-10-11-19-21(12-17)32-24(27-19)28(23(30)15-6-2-1-3-7-15)26-13-16-14-31-20-9-5-4-8-18(20)22(16)29/h4-5,8-15H,1-3,6-7H2/b26-13+. The number of carbonyl (C=O) groups is 1. The van der Waals surface area contributed by atoms with Gasteiger partial charge in [0.05, 0.1) is 27.4 Å². The molecule has 0 unspecified atom stereocenters. The summed E-state index contributed by atoms with van der Waals surface area (Å²) in [5, 5.41) is 6.80. The third-order valence-corrected chi connectivity index (χ3v) is 7.19. The molecule has 1 fully saturated rings. The van der Waals surface area contributed by atoms with Gasteiger partial charge in [-0.1, -0.05) is 58.7 Å². The van der Waals surface area contributed by atoms with Gasteiger partial charge in [0.2, 0.25) is 10.6 Å². The van der Waals surface area contributed by atoms with Crippen molar-refractivity contribution in [1.82, 2.24) is 4.98 Å². The number of thiazole rings is 1. The van der Waals surface area contributed by atoms with E-state index in [0.717, 1.165) is 46.8 Å². The predicted octanol–water partition coefficient (Wildman–Crippen LogP) is 6.11. The molecule has 0 radical (unpaired) electrons. The van der Waals surface area contributed by atoms with Gasteiger partial charge in [-0.3, -0.25) is 9.59 Å². The van der Waals surface area contributed by atoms with Crippen molar-refractivity contribution in [2.75, 3.05) is 5.01 Å². The van der Waals surface area contributed by atoms with Crippen LogP contribution in [0.1, 0.15) is 37.7 Å². The molecule has 0 atom stereocenters. The van der Waals surface area contributed by atoms with Crippen molar-refractivity contribution in [2.45, 2.75) is 32.1 Å². The molecule has 32 heavy (non-hydrogen) atoms. The molecule has 5 rings (SSSR count). The predicted molar refractivity (Wildman–Crippen MR) is 131 cm³/mol. The lowest BCUT2D eigenvalue weighted by atomic mass is 9.88. The molecule has 8 heteroatoms.